The number of ether oxygens (including phenoxy) is 1. The number of nitrogens with one attached hydrogen (secondary N) is 2. The second-order valence-electron chi connectivity index (χ2n) is 4.59. The molecule has 0 bridgehead atoms. The van der Waals surface area contributed by atoms with Gasteiger partial charge in [-0.3, -0.25) is 4.79 Å². The Balaban J connectivity index is 1.90. The Hall–Kier alpha value is -2.96. The molecule has 1 amide bonds. The first-order chi connectivity index (χ1) is 11.0. The van der Waals surface area contributed by atoms with Gasteiger partial charge in [0.2, 0.25) is 5.91 Å². The number of hydrogen-bond donors (Lipinski definition) is 2. The minimum absolute atomic E-state index is 0.0979. The van der Waals surface area contributed by atoms with E-state index in [1.165, 1.54) is 7.11 Å². The lowest BCUT2D eigenvalue weighted by Crippen LogP contribution is -2.22. The van der Waals surface area contributed by atoms with Gasteiger partial charge >= 0.3 is 5.97 Å². The molecule has 0 heterocycles. The fourth-order valence-corrected chi connectivity index (χ4v) is 1.81. The van der Waals surface area contributed by atoms with Crippen molar-refractivity contribution >= 4 is 23.3 Å². The molecule has 0 atom stereocenters. The van der Waals surface area contributed by atoms with E-state index in [1.807, 2.05) is 0 Å². The molecule has 0 unspecified atom stereocenters. The number of carbonyl (C=O) groups is 2. The van der Waals surface area contributed by atoms with Crippen LogP contribution in [0.5, 0.6) is 0 Å². The Labute approximate surface area is 131 Å². The monoisotopic (exact) mass is 320 g/mol. The summed E-state index contributed by atoms with van der Waals surface area (Å²) in [6.45, 7) is -0.117. The van der Waals surface area contributed by atoms with Crippen LogP contribution in [0.15, 0.2) is 42.5 Å². The second-order valence-corrected chi connectivity index (χ2v) is 4.59. The smallest absolute Gasteiger partial charge is 0.337 e. The molecule has 2 aromatic carbocycles. The Morgan fingerprint density at radius 2 is 1.78 bits per heavy atom. The molecule has 0 aliphatic heterocycles. The summed E-state index contributed by atoms with van der Waals surface area (Å²) < 4.78 is 30.8. The first-order valence-corrected chi connectivity index (χ1v) is 6.67. The number of esters is 1. The lowest BCUT2D eigenvalue weighted by molar-refractivity contribution is -0.114. The highest BCUT2D eigenvalue weighted by molar-refractivity contribution is 5.94. The number of halogens is 2. The molecule has 0 aromatic heterocycles. The van der Waals surface area contributed by atoms with E-state index in [-0.39, 0.29) is 12.2 Å². The van der Waals surface area contributed by atoms with Crippen LogP contribution in [0.25, 0.3) is 0 Å². The first-order valence-electron chi connectivity index (χ1n) is 6.67. The molecule has 7 heteroatoms. The number of carbonyl (C=O) groups excluding carboxylic acids is 2. The molecule has 0 fully saturated rings. The van der Waals surface area contributed by atoms with Crippen LogP contribution in [0.3, 0.4) is 0 Å². The van der Waals surface area contributed by atoms with Gasteiger partial charge in [0.1, 0.15) is 11.6 Å². The van der Waals surface area contributed by atoms with Gasteiger partial charge in [-0.25, -0.2) is 13.6 Å². The minimum atomic E-state index is -0.846. The van der Waals surface area contributed by atoms with Crippen molar-refractivity contribution in [3.05, 3.63) is 59.7 Å². The van der Waals surface area contributed by atoms with Gasteiger partial charge in [-0.1, -0.05) is 0 Å². The highest BCUT2D eigenvalue weighted by Crippen LogP contribution is 2.15. The number of rotatable bonds is 5. The molecule has 0 aliphatic rings. The zero-order chi connectivity index (χ0) is 16.8. The molecule has 120 valence electrons. The van der Waals surface area contributed by atoms with Crippen LogP contribution in [-0.4, -0.2) is 25.5 Å². The van der Waals surface area contributed by atoms with E-state index in [0.717, 1.165) is 12.1 Å². The molecular weight excluding hydrogens is 306 g/mol. The van der Waals surface area contributed by atoms with Crippen molar-refractivity contribution in [2.75, 3.05) is 24.3 Å². The maximum atomic E-state index is 13.4. The number of benzene rings is 2. The Bertz CT molecular complexity index is 718. The Morgan fingerprint density at radius 3 is 2.39 bits per heavy atom. The molecule has 0 spiro atoms. The Morgan fingerprint density at radius 1 is 1.09 bits per heavy atom. The molecule has 0 saturated heterocycles. The maximum Gasteiger partial charge on any atom is 0.337 e. The quantitative estimate of drug-likeness (QED) is 0.831. The minimum Gasteiger partial charge on any atom is -0.465 e. The van der Waals surface area contributed by atoms with Gasteiger partial charge in [-0.2, -0.15) is 0 Å². The third kappa shape index (κ3) is 4.50. The van der Waals surface area contributed by atoms with Crippen molar-refractivity contribution in [2.45, 2.75) is 0 Å². The largest absolute Gasteiger partial charge is 0.465 e. The zero-order valence-electron chi connectivity index (χ0n) is 12.2. The first kappa shape index (κ1) is 16.4. The predicted molar refractivity (Wildman–Crippen MR) is 81.3 cm³/mol. The molecule has 5 nitrogen and oxygen atoms in total. The lowest BCUT2D eigenvalue weighted by Gasteiger charge is -2.09. The molecule has 23 heavy (non-hydrogen) atoms. The molecule has 2 rings (SSSR count). The summed E-state index contributed by atoms with van der Waals surface area (Å²) in [6, 6.07) is 9.20. The van der Waals surface area contributed by atoms with E-state index in [0.29, 0.717) is 17.3 Å². The molecular formula is C16H14F2N2O3. The maximum absolute atomic E-state index is 13.4. The van der Waals surface area contributed by atoms with Crippen LogP contribution in [0.2, 0.25) is 0 Å². The number of anilines is 2. The van der Waals surface area contributed by atoms with Crippen LogP contribution >= 0.6 is 0 Å². The lowest BCUT2D eigenvalue weighted by atomic mass is 10.2. The van der Waals surface area contributed by atoms with Gasteiger partial charge in [0, 0.05) is 11.8 Å². The molecule has 0 saturated carbocycles. The van der Waals surface area contributed by atoms with Crippen molar-refractivity contribution in [1.82, 2.24) is 0 Å². The average molecular weight is 320 g/mol. The fraction of sp³-hybridized carbons (Fsp3) is 0.125. The summed E-state index contributed by atoms with van der Waals surface area (Å²) in [5.74, 6) is -2.52. The van der Waals surface area contributed by atoms with E-state index in [9.17, 15) is 18.4 Å². The van der Waals surface area contributed by atoms with Crippen LogP contribution in [-0.2, 0) is 9.53 Å². The molecule has 2 N–H and O–H groups in total. The van der Waals surface area contributed by atoms with Crippen molar-refractivity contribution in [3.63, 3.8) is 0 Å². The third-order valence-electron chi connectivity index (χ3n) is 2.96. The van der Waals surface area contributed by atoms with E-state index >= 15 is 0 Å². The highest BCUT2D eigenvalue weighted by Gasteiger charge is 2.08. The van der Waals surface area contributed by atoms with Crippen LogP contribution in [0, 0.1) is 11.6 Å². The van der Waals surface area contributed by atoms with E-state index in [2.05, 4.69) is 15.4 Å². The van der Waals surface area contributed by atoms with Crippen LogP contribution in [0.1, 0.15) is 10.4 Å². The van der Waals surface area contributed by atoms with Crippen molar-refractivity contribution < 1.29 is 23.1 Å². The summed E-state index contributed by atoms with van der Waals surface area (Å²) in [5.41, 5.74) is 0.891. The van der Waals surface area contributed by atoms with Gasteiger partial charge < -0.3 is 15.4 Å². The van der Waals surface area contributed by atoms with Gasteiger partial charge in [-0.15, -0.1) is 0 Å². The SMILES string of the molecule is COC(=O)c1ccc(NCC(=O)Nc2ccc(F)cc2F)cc1. The Kier molecular flexibility index (Phi) is 5.24. The van der Waals surface area contributed by atoms with Gasteiger partial charge in [0.25, 0.3) is 0 Å². The summed E-state index contributed by atoms with van der Waals surface area (Å²) in [4.78, 5) is 23.0. The molecule has 0 radical (unpaired) electrons. The second kappa shape index (κ2) is 7.35. The fourth-order valence-electron chi connectivity index (χ4n) is 1.81. The normalized spacial score (nSPS) is 10.0. The average Bonchev–Trinajstić information content (AvgIpc) is 2.55. The predicted octanol–water partition coefficient (Wildman–Crippen LogP) is 2.80. The molecule has 0 aliphatic carbocycles. The summed E-state index contributed by atoms with van der Waals surface area (Å²) in [5, 5.41) is 5.15. The van der Waals surface area contributed by atoms with Gasteiger partial charge in [0.15, 0.2) is 0 Å². The standard InChI is InChI=1S/C16H14F2N2O3/c1-23-16(22)10-2-5-12(6-3-10)19-9-15(21)20-14-7-4-11(17)8-13(14)18/h2-8,19H,9H2,1H3,(H,20,21). The molecule has 2 aromatic rings. The number of hydrogen-bond acceptors (Lipinski definition) is 4. The highest BCUT2D eigenvalue weighted by atomic mass is 19.1. The summed E-state index contributed by atoms with van der Waals surface area (Å²) in [7, 11) is 1.29. The topological polar surface area (TPSA) is 67.4 Å². The van der Waals surface area contributed by atoms with Gasteiger partial charge in [-0.05, 0) is 36.4 Å². The van der Waals surface area contributed by atoms with Crippen LogP contribution < -0.4 is 10.6 Å². The van der Waals surface area contributed by atoms with Crippen LogP contribution in [0.4, 0.5) is 20.2 Å². The van der Waals surface area contributed by atoms with Crippen molar-refractivity contribution in [2.24, 2.45) is 0 Å². The van der Waals surface area contributed by atoms with E-state index in [4.69, 9.17) is 0 Å². The van der Waals surface area contributed by atoms with E-state index in [1.54, 1.807) is 24.3 Å². The number of methoxy groups -OCH3 is 1. The zero-order valence-corrected chi connectivity index (χ0v) is 12.2. The van der Waals surface area contributed by atoms with Crippen molar-refractivity contribution in [1.29, 1.82) is 0 Å². The van der Waals surface area contributed by atoms with Gasteiger partial charge in [0.05, 0.1) is 24.9 Å². The van der Waals surface area contributed by atoms with E-state index < -0.39 is 23.5 Å². The third-order valence-corrected chi connectivity index (χ3v) is 2.96. The van der Waals surface area contributed by atoms with Crippen molar-refractivity contribution in [3.8, 4) is 0 Å². The summed E-state index contributed by atoms with van der Waals surface area (Å²) >= 11 is 0. The number of amides is 1. The summed E-state index contributed by atoms with van der Waals surface area (Å²) in [6.07, 6.45) is 0.